The van der Waals surface area contributed by atoms with Gasteiger partial charge in [0.2, 0.25) is 0 Å². The van der Waals surface area contributed by atoms with E-state index in [-0.39, 0.29) is 0 Å². The molecule has 0 aliphatic heterocycles. The topological polar surface area (TPSA) is 23.8 Å². The minimum atomic E-state index is 0.401. The summed E-state index contributed by atoms with van der Waals surface area (Å²) < 4.78 is 0. The van der Waals surface area contributed by atoms with E-state index < -0.39 is 0 Å². The molecule has 12 heavy (non-hydrogen) atoms. The largest absolute Gasteiger partial charge is 0.198 e. The van der Waals surface area contributed by atoms with Crippen molar-refractivity contribution in [3.63, 3.8) is 0 Å². The molecule has 0 radical (unpaired) electrons. The van der Waals surface area contributed by atoms with Gasteiger partial charge in [-0.3, -0.25) is 0 Å². The number of nitrogens with zero attached hydrogens (tertiary/aromatic N) is 1. The molecular formula is C11H17N. The third-order valence-corrected chi connectivity index (χ3v) is 3.87. The van der Waals surface area contributed by atoms with Crippen LogP contribution in [0.15, 0.2) is 0 Å². The molecule has 2 aliphatic carbocycles. The number of hydrogen-bond acceptors (Lipinski definition) is 1. The highest BCUT2D eigenvalue weighted by molar-refractivity contribution is 5.08. The maximum absolute atomic E-state index is 8.66. The van der Waals surface area contributed by atoms with Gasteiger partial charge in [-0.05, 0) is 42.9 Å². The molecule has 0 saturated heterocycles. The van der Waals surface area contributed by atoms with Gasteiger partial charge in [-0.25, -0.2) is 0 Å². The zero-order valence-electron chi connectivity index (χ0n) is 8.01. The summed E-state index contributed by atoms with van der Waals surface area (Å²) in [5.74, 6) is 2.22. The molecule has 0 aromatic carbocycles. The van der Waals surface area contributed by atoms with E-state index in [1.165, 1.54) is 25.7 Å². The summed E-state index contributed by atoms with van der Waals surface area (Å²) in [6.45, 7) is 4.63. The lowest BCUT2D eigenvalue weighted by Gasteiger charge is -2.57. The van der Waals surface area contributed by atoms with E-state index in [0.29, 0.717) is 11.3 Å². The van der Waals surface area contributed by atoms with Gasteiger partial charge in [-0.15, -0.1) is 0 Å². The second-order valence-electron chi connectivity index (χ2n) is 5.15. The molecule has 1 spiro atoms. The van der Waals surface area contributed by atoms with Crippen LogP contribution in [0.3, 0.4) is 0 Å². The van der Waals surface area contributed by atoms with Crippen LogP contribution in [0.25, 0.3) is 0 Å². The molecule has 2 saturated carbocycles. The van der Waals surface area contributed by atoms with Gasteiger partial charge in [0.1, 0.15) is 0 Å². The Labute approximate surface area is 74.8 Å². The summed E-state index contributed by atoms with van der Waals surface area (Å²) >= 11 is 0. The van der Waals surface area contributed by atoms with Crippen molar-refractivity contribution in [1.82, 2.24) is 0 Å². The first-order valence-corrected chi connectivity index (χ1v) is 5.05. The average Bonchev–Trinajstić information content (AvgIpc) is 1.81. The zero-order valence-corrected chi connectivity index (χ0v) is 8.01. The zero-order chi connectivity index (χ0) is 8.77. The Morgan fingerprint density at radius 2 is 1.83 bits per heavy atom. The highest BCUT2D eigenvalue weighted by Gasteiger charge is 2.53. The van der Waals surface area contributed by atoms with Crippen LogP contribution < -0.4 is 0 Å². The van der Waals surface area contributed by atoms with Gasteiger partial charge >= 0.3 is 0 Å². The number of hydrogen-bond donors (Lipinski definition) is 0. The van der Waals surface area contributed by atoms with Gasteiger partial charge in [0, 0.05) is 5.92 Å². The smallest absolute Gasteiger partial charge is 0.0656 e. The Balaban J connectivity index is 1.80. The van der Waals surface area contributed by atoms with E-state index in [2.05, 4.69) is 19.9 Å². The first-order chi connectivity index (χ1) is 5.65. The van der Waals surface area contributed by atoms with Gasteiger partial charge in [-0.1, -0.05) is 13.8 Å². The fraction of sp³-hybridized carbons (Fsp3) is 0.909. The first-order valence-electron chi connectivity index (χ1n) is 5.05. The Kier molecular flexibility index (Phi) is 1.68. The van der Waals surface area contributed by atoms with Crippen LogP contribution in [0, 0.1) is 34.5 Å². The third-order valence-electron chi connectivity index (χ3n) is 3.87. The highest BCUT2D eigenvalue weighted by atomic mass is 14.6. The van der Waals surface area contributed by atoms with E-state index in [1.54, 1.807) is 0 Å². The molecule has 2 rings (SSSR count). The molecule has 0 aromatic rings. The maximum atomic E-state index is 8.66. The monoisotopic (exact) mass is 163 g/mol. The van der Waals surface area contributed by atoms with Gasteiger partial charge in [0.25, 0.3) is 0 Å². The Morgan fingerprint density at radius 1 is 1.25 bits per heavy atom. The summed E-state index contributed by atoms with van der Waals surface area (Å²) in [7, 11) is 0. The molecule has 2 aliphatic rings. The van der Waals surface area contributed by atoms with Crippen LogP contribution in [-0.4, -0.2) is 0 Å². The molecule has 1 nitrogen and oxygen atoms in total. The van der Waals surface area contributed by atoms with Crippen molar-refractivity contribution in [3.8, 4) is 6.07 Å². The fourth-order valence-electron chi connectivity index (χ4n) is 2.93. The lowest BCUT2D eigenvalue weighted by molar-refractivity contribution is -0.0662. The van der Waals surface area contributed by atoms with Gasteiger partial charge in [0.15, 0.2) is 0 Å². The van der Waals surface area contributed by atoms with Crippen LogP contribution in [-0.2, 0) is 0 Å². The van der Waals surface area contributed by atoms with Crippen LogP contribution in [0.4, 0.5) is 0 Å². The molecule has 0 amide bonds. The van der Waals surface area contributed by atoms with Crippen molar-refractivity contribution in [3.05, 3.63) is 0 Å². The Morgan fingerprint density at radius 3 is 2.25 bits per heavy atom. The second kappa shape index (κ2) is 2.49. The minimum absolute atomic E-state index is 0.401. The van der Waals surface area contributed by atoms with Crippen LogP contribution >= 0.6 is 0 Å². The molecule has 2 fully saturated rings. The highest BCUT2D eigenvalue weighted by Crippen LogP contribution is 2.62. The predicted octanol–water partition coefficient (Wildman–Crippen LogP) is 2.97. The predicted molar refractivity (Wildman–Crippen MR) is 48.3 cm³/mol. The molecular weight excluding hydrogens is 146 g/mol. The van der Waals surface area contributed by atoms with Gasteiger partial charge < -0.3 is 0 Å². The van der Waals surface area contributed by atoms with Crippen molar-refractivity contribution >= 4 is 0 Å². The molecule has 1 heteroatoms. The third kappa shape index (κ3) is 1.05. The minimum Gasteiger partial charge on any atom is -0.198 e. The molecule has 0 heterocycles. The van der Waals surface area contributed by atoms with E-state index in [1.807, 2.05) is 0 Å². The normalized spacial score (nSPS) is 45.2. The Bertz CT molecular complexity index is 210. The quantitative estimate of drug-likeness (QED) is 0.583. The fourth-order valence-corrected chi connectivity index (χ4v) is 2.93. The van der Waals surface area contributed by atoms with Crippen LogP contribution in [0.2, 0.25) is 0 Å². The maximum Gasteiger partial charge on any atom is 0.0656 e. The van der Waals surface area contributed by atoms with Crippen LogP contribution in [0.1, 0.15) is 39.5 Å². The molecule has 0 bridgehead atoms. The average molecular weight is 163 g/mol. The molecule has 0 N–H and O–H groups in total. The number of nitriles is 1. The SMILES string of the molecule is CC(C)C1CC2(CC(C#N)C2)C1. The Hall–Kier alpha value is -0.510. The second-order valence-corrected chi connectivity index (χ2v) is 5.15. The van der Waals surface area contributed by atoms with Crippen molar-refractivity contribution in [1.29, 1.82) is 5.26 Å². The summed E-state index contributed by atoms with van der Waals surface area (Å²) in [6.07, 6.45) is 5.21. The molecule has 0 unspecified atom stereocenters. The summed E-state index contributed by atoms with van der Waals surface area (Å²) in [5, 5.41) is 8.66. The standard InChI is InChI=1S/C11H17N/c1-8(2)10-5-11(6-10)3-9(4-11)7-12/h8-10H,3-6H2,1-2H3. The van der Waals surface area contributed by atoms with E-state index >= 15 is 0 Å². The molecule has 0 atom stereocenters. The van der Waals surface area contributed by atoms with Crippen molar-refractivity contribution in [2.45, 2.75) is 39.5 Å². The van der Waals surface area contributed by atoms with Crippen molar-refractivity contribution < 1.29 is 0 Å². The molecule has 0 aromatic heterocycles. The van der Waals surface area contributed by atoms with E-state index in [9.17, 15) is 0 Å². The van der Waals surface area contributed by atoms with E-state index in [4.69, 9.17) is 5.26 Å². The first kappa shape index (κ1) is 8.10. The molecule has 66 valence electrons. The van der Waals surface area contributed by atoms with E-state index in [0.717, 1.165) is 11.8 Å². The van der Waals surface area contributed by atoms with Gasteiger partial charge in [-0.2, -0.15) is 5.26 Å². The summed E-state index contributed by atoms with van der Waals surface area (Å²) in [4.78, 5) is 0. The van der Waals surface area contributed by atoms with Crippen molar-refractivity contribution in [2.75, 3.05) is 0 Å². The number of rotatable bonds is 1. The summed E-state index contributed by atoms with van der Waals surface area (Å²) in [6, 6.07) is 2.37. The van der Waals surface area contributed by atoms with Crippen LogP contribution in [0.5, 0.6) is 0 Å². The summed E-state index contributed by atoms with van der Waals surface area (Å²) in [5.41, 5.74) is 0.648. The van der Waals surface area contributed by atoms with Crippen molar-refractivity contribution in [2.24, 2.45) is 23.2 Å². The lowest BCUT2D eigenvalue weighted by Crippen LogP contribution is -2.48. The van der Waals surface area contributed by atoms with Gasteiger partial charge in [0.05, 0.1) is 6.07 Å². The lowest BCUT2D eigenvalue weighted by atomic mass is 9.47.